The summed E-state index contributed by atoms with van der Waals surface area (Å²) in [7, 11) is 0. The molecule has 2 heteroatoms. The first-order valence-electron chi connectivity index (χ1n) is 8.08. The van der Waals surface area contributed by atoms with Crippen LogP contribution in [-0.4, -0.2) is 48.1 Å². The molecule has 18 heavy (non-hydrogen) atoms. The van der Waals surface area contributed by atoms with Crippen molar-refractivity contribution in [3.8, 4) is 0 Å². The van der Waals surface area contributed by atoms with Gasteiger partial charge in [0.05, 0.1) is 0 Å². The number of rotatable bonds is 3. The summed E-state index contributed by atoms with van der Waals surface area (Å²) in [5.41, 5.74) is 0. The van der Waals surface area contributed by atoms with Gasteiger partial charge in [-0.15, -0.1) is 0 Å². The largest absolute Gasteiger partial charge is 0.304 e. The molecule has 0 aromatic carbocycles. The van der Waals surface area contributed by atoms with Crippen LogP contribution in [0.3, 0.4) is 0 Å². The van der Waals surface area contributed by atoms with Gasteiger partial charge in [-0.1, -0.05) is 13.8 Å². The van der Waals surface area contributed by atoms with Gasteiger partial charge in [-0.2, -0.15) is 0 Å². The van der Waals surface area contributed by atoms with Crippen molar-refractivity contribution in [1.29, 1.82) is 0 Å². The van der Waals surface area contributed by atoms with Gasteiger partial charge in [-0.05, 0) is 71.0 Å². The van der Waals surface area contributed by atoms with E-state index in [0.717, 1.165) is 23.9 Å². The van der Waals surface area contributed by atoms with E-state index in [1.54, 1.807) is 0 Å². The van der Waals surface area contributed by atoms with Crippen molar-refractivity contribution in [2.24, 2.45) is 11.8 Å². The third kappa shape index (κ3) is 3.48. The summed E-state index contributed by atoms with van der Waals surface area (Å²) in [6, 6.07) is 1.60. The molecule has 2 fully saturated rings. The smallest absolute Gasteiger partial charge is 0.00724 e. The van der Waals surface area contributed by atoms with Gasteiger partial charge >= 0.3 is 0 Å². The zero-order chi connectivity index (χ0) is 13.1. The zero-order valence-corrected chi connectivity index (χ0v) is 12.9. The minimum atomic E-state index is 0.799. The van der Waals surface area contributed by atoms with E-state index in [9.17, 15) is 0 Å². The molecule has 0 spiro atoms. The first-order valence-corrected chi connectivity index (χ1v) is 8.08. The summed E-state index contributed by atoms with van der Waals surface area (Å²) in [5.74, 6) is 1.87. The summed E-state index contributed by atoms with van der Waals surface area (Å²) < 4.78 is 0. The lowest BCUT2D eigenvalue weighted by Gasteiger charge is -2.44. The summed E-state index contributed by atoms with van der Waals surface area (Å²) in [6.07, 6.45) is 5.63. The van der Waals surface area contributed by atoms with Crippen LogP contribution in [0.1, 0.15) is 53.4 Å². The third-order valence-electron chi connectivity index (χ3n) is 5.24. The third-order valence-corrected chi connectivity index (χ3v) is 5.24. The lowest BCUT2D eigenvalue weighted by atomic mass is 9.86. The van der Waals surface area contributed by atoms with Gasteiger partial charge in [0.25, 0.3) is 0 Å². The van der Waals surface area contributed by atoms with Crippen LogP contribution < -0.4 is 0 Å². The second-order valence-electron chi connectivity index (χ2n) is 6.85. The molecule has 2 unspecified atom stereocenters. The van der Waals surface area contributed by atoms with E-state index in [1.807, 2.05) is 0 Å². The van der Waals surface area contributed by atoms with Gasteiger partial charge in [0.2, 0.25) is 0 Å². The van der Waals surface area contributed by atoms with Crippen LogP contribution >= 0.6 is 0 Å². The highest BCUT2D eigenvalue weighted by molar-refractivity contribution is 4.85. The van der Waals surface area contributed by atoms with Crippen LogP contribution in [-0.2, 0) is 0 Å². The van der Waals surface area contributed by atoms with Crippen molar-refractivity contribution in [1.82, 2.24) is 9.80 Å². The molecule has 0 N–H and O–H groups in total. The number of hydrogen-bond donors (Lipinski definition) is 0. The molecule has 0 aromatic heterocycles. The van der Waals surface area contributed by atoms with Crippen LogP contribution in [0.4, 0.5) is 0 Å². The van der Waals surface area contributed by atoms with Crippen LogP contribution in [0.15, 0.2) is 0 Å². The Hall–Kier alpha value is -0.0800. The highest BCUT2D eigenvalue weighted by Gasteiger charge is 2.31. The molecular formula is C16H32N2. The van der Waals surface area contributed by atoms with E-state index in [4.69, 9.17) is 0 Å². The molecule has 2 nitrogen and oxygen atoms in total. The molecule has 106 valence electrons. The minimum absolute atomic E-state index is 0.799. The van der Waals surface area contributed by atoms with E-state index >= 15 is 0 Å². The molecule has 2 rings (SSSR count). The summed E-state index contributed by atoms with van der Waals surface area (Å²) in [6.45, 7) is 14.8. The lowest BCUT2D eigenvalue weighted by Crippen LogP contribution is -2.49. The minimum Gasteiger partial charge on any atom is -0.304 e. The molecule has 0 amide bonds. The highest BCUT2D eigenvalue weighted by atomic mass is 15.2. The standard InChI is InChI=1S/C16H32N2/c1-5-17-8-6-16(7-9-17)12-18-14(3)10-13(2)11-15(18)4/h13-16H,5-12H2,1-4H3. The Labute approximate surface area is 114 Å². The first kappa shape index (κ1) is 14.3. The fourth-order valence-electron chi connectivity index (χ4n) is 4.11. The van der Waals surface area contributed by atoms with E-state index < -0.39 is 0 Å². The van der Waals surface area contributed by atoms with Gasteiger partial charge in [-0.3, -0.25) is 4.90 Å². The van der Waals surface area contributed by atoms with Gasteiger partial charge in [0, 0.05) is 18.6 Å². The second-order valence-corrected chi connectivity index (χ2v) is 6.85. The summed E-state index contributed by atoms with van der Waals surface area (Å²) >= 11 is 0. The molecule has 2 atom stereocenters. The van der Waals surface area contributed by atoms with Crippen molar-refractivity contribution in [3.63, 3.8) is 0 Å². The van der Waals surface area contributed by atoms with Crippen molar-refractivity contribution >= 4 is 0 Å². The Bertz CT molecular complexity index is 233. The average Bonchev–Trinajstić information content (AvgIpc) is 2.34. The number of likely N-dealkylation sites (tertiary alicyclic amines) is 2. The van der Waals surface area contributed by atoms with Gasteiger partial charge in [0.1, 0.15) is 0 Å². The molecule has 0 radical (unpaired) electrons. The van der Waals surface area contributed by atoms with E-state index in [1.165, 1.54) is 51.9 Å². The number of hydrogen-bond acceptors (Lipinski definition) is 2. The molecule has 0 saturated carbocycles. The molecule has 2 saturated heterocycles. The SMILES string of the molecule is CCN1CCC(CN2C(C)CC(C)CC2C)CC1. The maximum atomic E-state index is 2.80. The molecule has 2 aliphatic heterocycles. The predicted molar refractivity (Wildman–Crippen MR) is 78.9 cm³/mol. The van der Waals surface area contributed by atoms with E-state index in [0.29, 0.717) is 0 Å². The van der Waals surface area contributed by atoms with Crippen LogP contribution in [0.2, 0.25) is 0 Å². The van der Waals surface area contributed by atoms with E-state index in [2.05, 4.69) is 37.5 Å². The van der Waals surface area contributed by atoms with Crippen LogP contribution in [0, 0.1) is 11.8 Å². The quantitative estimate of drug-likeness (QED) is 0.761. The predicted octanol–water partition coefficient (Wildman–Crippen LogP) is 3.23. The van der Waals surface area contributed by atoms with Crippen LogP contribution in [0.5, 0.6) is 0 Å². The normalized spacial score (nSPS) is 37.0. The molecule has 2 aliphatic rings. The number of nitrogens with zero attached hydrogens (tertiary/aromatic N) is 2. The Kier molecular flexibility index (Phi) is 5.08. The van der Waals surface area contributed by atoms with Gasteiger partial charge < -0.3 is 4.90 Å². The number of piperidine rings is 2. The van der Waals surface area contributed by atoms with Crippen molar-refractivity contribution in [3.05, 3.63) is 0 Å². The fourth-order valence-corrected chi connectivity index (χ4v) is 4.11. The second kappa shape index (κ2) is 6.38. The van der Waals surface area contributed by atoms with Crippen LogP contribution in [0.25, 0.3) is 0 Å². The molecular weight excluding hydrogens is 220 g/mol. The lowest BCUT2D eigenvalue weighted by molar-refractivity contribution is 0.0454. The highest BCUT2D eigenvalue weighted by Crippen LogP contribution is 2.29. The topological polar surface area (TPSA) is 6.48 Å². The van der Waals surface area contributed by atoms with E-state index in [-0.39, 0.29) is 0 Å². The average molecular weight is 252 g/mol. The fraction of sp³-hybridized carbons (Fsp3) is 1.00. The monoisotopic (exact) mass is 252 g/mol. The summed E-state index contributed by atoms with van der Waals surface area (Å²) in [5, 5.41) is 0. The molecule has 0 aromatic rings. The summed E-state index contributed by atoms with van der Waals surface area (Å²) in [4.78, 5) is 5.40. The zero-order valence-electron chi connectivity index (χ0n) is 12.9. The molecule has 0 bridgehead atoms. The van der Waals surface area contributed by atoms with Gasteiger partial charge in [-0.25, -0.2) is 0 Å². The first-order chi connectivity index (χ1) is 8.60. The van der Waals surface area contributed by atoms with Crippen molar-refractivity contribution < 1.29 is 0 Å². The maximum absolute atomic E-state index is 2.80. The Morgan fingerprint density at radius 1 is 0.944 bits per heavy atom. The Morgan fingerprint density at radius 3 is 2.00 bits per heavy atom. The molecule has 2 heterocycles. The maximum Gasteiger partial charge on any atom is 0.00724 e. The Balaban J connectivity index is 1.82. The van der Waals surface area contributed by atoms with Gasteiger partial charge in [0.15, 0.2) is 0 Å². The van der Waals surface area contributed by atoms with Crippen molar-refractivity contribution in [2.75, 3.05) is 26.2 Å². The van der Waals surface area contributed by atoms with Crippen molar-refractivity contribution in [2.45, 2.75) is 65.5 Å². The molecule has 0 aliphatic carbocycles. The Morgan fingerprint density at radius 2 is 1.50 bits per heavy atom.